The minimum atomic E-state index is -0.0141. The first-order valence-corrected chi connectivity index (χ1v) is 6.48. The summed E-state index contributed by atoms with van der Waals surface area (Å²) >= 11 is 0. The first-order chi connectivity index (χ1) is 9.76. The number of hydrogen-bond acceptors (Lipinski definition) is 3. The Labute approximate surface area is 116 Å². The van der Waals surface area contributed by atoms with E-state index in [4.69, 9.17) is 0 Å². The third-order valence-electron chi connectivity index (χ3n) is 2.97. The zero-order valence-electron chi connectivity index (χ0n) is 11.1. The van der Waals surface area contributed by atoms with E-state index in [1.807, 2.05) is 55.5 Å². The molecule has 20 heavy (non-hydrogen) atoms. The Balaban J connectivity index is 1.97. The Kier molecular flexibility index (Phi) is 3.16. The van der Waals surface area contributed by atoms with Crippen LogP contribution in [0.3, 0.4) is 0 Å². The fraction of sp³-hybridized carbons (Fsp3) is 0.133. The van der Waals surface area contributed by atoms with Crippen LogP contribution in [0, 0.1) is 0 Å². The lowest BCUT2D eigenvalue weighted by Crippen LogP contribution is -2.09. The number of rotatable bonds is 3. The molecule has 1 amide bonds. The van der Waals surface area contributed by atoms with Gasteiger partial charge in [0.1, 0.15) is 11.0 Å². The first-order valence-electron chi connectivity index (χ1n) is 6.48. The molecule has 0 saturated carbocycles. The number of para-hydroxylation sites is 1. The van der Waals surface area contributed by atoms with Crippen LogP contribution in [0.1, 0.15) is 13.3 Å². The summed E-state index contributed by atoms with van der Waals surface area (Å²) in [6.07, 6.45) is 0.453. The van der Waals surface area contributed by atoms with Crippen LogP contribution in [-0.4, -0.2) is 20.9 Å². The number of benzene rings is 2. The highest BCUT2D eigenvalue weighted by Gasteiger charge is 2.06. The van der Waals surface area contributed by atoms with Gasteiger partial charge in [-0.05, 0) is 30.3 Å². The maximum Gasteiger partial charge on any atom is 0.224 e. The van der Waals surface area contributed by atoms with E-state index in [1.54, 1.807) is 4.80 Å². The summed E-state index contributed by atoms with van der Waals surface area (Å²) in [5.41, 5.74) is 3.19. The van der Waals surface area contributed by atoms with E-state index in [0.29, 0.717) is 6.42 Å². The summed E-state index contributed by atoms with van der Waals surface area (Å²) in [5, 5.41) is 11.7. The molecular formula is C15H14N4O. The molecule has 0 aliphatic carbocycles. The van der Waals surface area contributed by atoms with Gasteiger partial charge in [0, 0.05) is 12.1 Å². The molecule has 0 fully saturated rings. The van der Waals surface area contributed by atoms with Gasteiger partial charge in [-0.25, -0.2) is 0 Å². The van der Waals surface area contributed by atoms with Crippen molar-refractivity contribution in [3.8, 4) is 5.69 Å². The van der Waals surface area contributed by atoms with Crippen molar-refractivity contribution in [1.82, 2.24) is 15.0 Å². The number of hydrogen-bond donors (Lipinski definition) is 1. The number of nitrogens with one attached hydrogen (secondary N) is 1. The van der Waals surface area contributed by atoms with Gasteiger partial charge in [-0.1, -0.05) is 25.1 Å². The van der Waals surface area contributed by atoms with E-state index in [0.717, 1.165) is 22.4 Å². The predicted molar refractivity (Wildman–Crippen MR) is 77.8 cm³/mol. The number of amides is 1. The molecule has 0 saturated heterocycles. The third-order valence-corrected chi connectivity index (χ3v) is 2.97. The van der Waals surface area contributed by atoms with Crippen LogP contribution in [-0.2, 0) is 4.79 Å². The highest BCUT2D eigenvalue weighted by molar-refractivity contribution is 5.92. The number of anilines is 1. The SMILES string of the molecule is CCC(=O)Nc1ccc2nn(-c3ccccc3)nc2c1. The van der Waals surface area contributed by atoms with Crippen molar-refractivity contribution in [2.24, 2.45) is 0 Å². The van der Waals surface area contributed by atoms with Crippen LogP contribution in [0.25, 0.3) is 16.7 Å². The Morgan fingerprint density at radius 2 is 1.85 bits per heavy atom. The van der Waals surface area contributed by atoms with Gasteiger partial charge in [0.25, 0.3) is 0 Å². The number of carbonyl (C=O) groups is 1. The quantitative estimate of drug-likeness (QED) is 0.793. The van der Waals surface area contributed by atoms with Crippen LogP contribution < -0.4 is 5.32 Å². The Bertz CT molecular complexity index is 749. The molecule has 0 aliphatic heterocycles. The summed E-state index contributed by atoms with van der Waals surface area (Å²) in [5.74, 6) is -0.0141. The maximum atomic E-state index is 11.4. The second-order valence-electron chi connectivity index (χ2n) is 4.43. The predicted octanol–water partition coefficient (Wildman–Crippen LogP) is 2.77. The second kappa shape index (κ2) is 5.13. The smallest absolute Gasteiger partial charge is 0.224 e. The highest BCUT2D eigenvalue weighted by Crippen LogP contribution is 2.17. The van der Waals surface area contributed by atoms with E-state index >= 15 is 0 Å². The third kappa shape index (κ3) is 2.38. The monoisotopic (exact) mass is 266 g/mol. The van der Waals surface area contributed by atoms with Crippen molar-refractivity contribution in [3.63, 3.8) is 0 Å². The molecule has 3 rings (SSSR count). The van der Waals surface area contributed by atoms with Gasteiger partial charge in [0.05, 0.1) is 5.69 Å². The lowest BCUT2D eigenvalue weighted by molar-refractivity contribution is -0.115. The Hall–Kier alpha value is -2.69. The number of fused-ring (bicyclic) bond motifs is 1. The van der Waals surface area contributed by atoms with Crippen molar-refractivity contribution in [2.45, 2.75) is 13.3 Å². The normalized spacial score (nSPS) is 10.7. The van der Waals surface area contributed by atoms with Crippen molar-refractivity contribution in [3.05, 3.63) is 48.5 Å². The van der Waals surface area contributed by atoms with E-state index in [-0.39, 0.29) is 5.91 Å². The van der Waals surface area contributed by atoms with Gasteiger partial charge in [-0.3, -0.25) is 4.79 Å². The second-order valence-corrected chi connectivity index (χ2v) is 4.43. The Morgan fingerprint density at radius 1 is 1.10 bits per heavy atom. The molecule has 2 aromatic carbocycles. The highest BCUT2D eigenvalue weighted by atomic mass is 16.1. The largest absolute Gasteiger partial charge is 0.326 e. The van der Waals surface area contributed by atoms with Crippen LogP contribution >= 0.6 is 0 Å². The summed E-state index contributed by atoms with van der Waals surface area (Å²) in [7, 11) is 0. The molecule has 0 aliphatic rings. The van der Waals surface area contributed by atoms with Gasteiger partial charge >= 0.3 is 0 Å². The molecule has 0 atom stereocenters. The average Bonchev–Trinajstić information content (AvgIpc) is 2.91. The summed E-state index contributed by atoms with van der Waals surface area (Å²) in [6, 6.07) is 15.2. The molecule has 3 aromatic rings. The summed E-state index contributed by atoms with van der Waals surface area (Å²) < 4.78 is 0. The molecule has 0 radical (unpaired) electrons. The maximum absolute atomic E-state index is 11.4. The Morgan fingerprint density at radius 3 is 2.60 bits per heavy atom. The van der Waals surface area contributed by atoms with Crippen LogP contribution in [0.2, 0.25) is 0 Å². The van der Waals surface area contributed by atoms with Crippen LogP contribution in [0.5, 0.6) is 0 Å². The average molecular weight is 266 g/mol. The van der Waals surface area contributed by atoms with Crippen LogP contribution in [0.15, 0.2) is 48.5 Å². The topological polar surface area (TPSA) is 59.8 Å². The van der Waals surface area contributed by atoms with Gasteiger partial charge < -0.3 is 5.32 Å². The molecule has 1 heterocycles. The van der Waals surface area contributed by atoms with E-state index in [9.17, 15) is 4.79 Å². The van der Waals surface area contributed by atoms with Crippen molar-refractivity contribution >= 4 is 22.6 Å². The molecule has 5 heteroatoms. The summed E-state index contributed by atoms with van der Waals surface area (Å²) in [6.45, 7) is 1.82. The van der Waals surface area contributed by atoms with Gasteiger partial charge in [0.15, 0.2) is 0 Å². The van der Waals surface area contributed by atoms with E-state index < -0.39 is 0 Å². The molecular weight excluding hydrogens is 252 g/mol. The molecule has 0 bridgehead atoms. The molecule has 100 valence electrons. The van der Waals surface area contributed by atoms with E-state index in [1.165, 1.54) is 0 Å². The fourth-order valence-electron chi connectivity index (χ4n) is 1.92. The lowest BCUT2D eigenvalue weighted by atomic mass is 10.2. The minimum absolute atomic E-state index is 0.0141. The molecule has 5 nitrogen and oxygen atoms in total. The molecule has 1 N–H and O–H groups in total. The number of carbonyl (C=O) groups excluding carboxylic acids is 1. The first kappa shape index (κ1) is 12.3. The summed E-state index contributed by atoms with van der Waals surface area (Å²) in [4.78, 5) is 13.0. The number of nitrogens with zero attached hydrogens (tertiary/aromatic N) is 3. The number of aromatic nitrogens is 3. The van der Waals surface area contributed by atoms with E-state index in [2.05, 4.69) is 15.5 Å². The van der Waals surface area contributed by atoms with Crippen molar-refractivity contribution in [1.29, 1.82) is 0 Å². The van der Waals surface area contributed by atoms with Crippen molar-refractivity contribution < 1.29 is 4.79 Å². The van der Waals surface area contributed by atoms with Crippen LogP contribution in [0.4, 0.5) is 5.69 Å². The van der Waals surface area contributed by atoms with Gasteiger partial charge in [0.2, 0.25) is 5.91 Å². The van der Waals surface area contributed by atoms with Gasteiger partial charge in [-0.2, -0.15) is 4.80 Å². The zero-order chi connectivity index (χ0) is 13.9. The molecule has 0 spiro atoms. The fourth-order valence-corrected chi connectivity index (χ4v) is 1.92. The molecule has 0 unspecified atom stereocenters. The standard InChI is InChI=1S/C15H14N4O/c1-2-15(20)16-11-8-9-13-14(10-11)18-19(17-13)12-6-4-3-5-7-12/h3-10H,2H2,1H3,(H,16,20). The minimum Gasteiger partial charge on any atom is -0.326 e. The lowest BCUT2D eigenvalue weighted by Gasteiger charge is -2.01. The zero-order valence-corrected chi connectivity index (χ0v) is 11.1. The van der Waals surface area contributed by atoms with Crippen molar-refractivity contribution in [2.75, 3.05) is 5.32 Å². The van der Waals surface area contributed by atoms with Gasteiger partial charge in [-0.15, -0.1) is 10.2 Å². The molecule has 1 aromatic heterocycles.